The van der Waals surface area contributed by atoms with Crippen LogP contribution in [-0.4, -0.2) is 7.05 Å². The summed E-state index contributed by atoms with van der Waals surface area (Å²) in [6.07, 6.45) is 0. The van der Waals surface area contributed by atoms with Gasteiger partial charge in [-0.15, -0.1) is 11.3 Å². The van der Waals surface area contributed by atoms with E-state index in [0.29, 0.717) is 0 Å². The third kappa shape index (κ3) is 2.91. The molecule has 0 radical (unpaired) electrons. The van der Waals surface area contributed by atoms with E-state index in [1.54, 1.807) is 11.3 Å². The van der Waals surface area contributed by atoms with Crippen molar-refractivity contribution in [1.29, 1.82) is 0 Å². The molecule has 0 fully saturated rings. The average Bonchev–Trinajstić information content (AvgIpc) is 2.71. The van der Waals surface area contributed by atoms with E-state index in [9.17, 15) is 0 Å². The van der Waals surface area contributed by atoms with E-state index < -0.39 is 0 Å². The Morgan fingerprint density at radius 2 is 2.06 bits per heavy atom. The molecule has 1 aromatic carbocycles. The maximum absolute atomic E-state index is 6.00. The lowest BCUT2D eigenvalue weighted by Crippen LogP contribution is -2.17. The van der Waals surface area contributed by atoms with Gasteiger partial charge >= 0.3 is 0 Å². The van der Waals surface area contributed by atoms with Gasteiger partial charge in [0.05, 0.1) is 10.4 Å². The molecule has 1 N–H and O–H groups in total. The minimum atomic E-state index is 0.199. The Balaban J connectivity index is 2.45. The van der Waals surface area contributed by atoms with Crippen LogP contribution in [0.15, 0.2) is 34.8 Å². The third-order valence-electron chi connectivity index (χ3n) is 2.72. The fourth-order valence-electron chi connectivity index (χ4n) is 1.86. The summed E-state index contributed by atoms with van der Waals surface area (Å²) in [5, 5.41) is 3.35. The first-order chi connectivity index (χ1) is 8.11. The molecule has 4 heteroatoms. The van der Waals surface area contributed by atoms with Gasteiger partial charge in [-0.25, -0.2) is 0 Å². The number of benzene rings is 1. The molecule has 0 saturated heterocycles. The molecule has 0 aliphatic rings. The van der Waals surface area contributed by atoms with Gasteiger partial charge in [0.1, 0.15) is 0 Å². The van der Waals surface area contributed by atoms with Crippen molar-refractivity contribution < 1.29 is 0 Å². The standard InChI is InChI=1S/C13H13BrClNS/c1-8-3-4-9(14)7-10(8)13(16-2)11-5-6-12(15)17-11/h3-7,13,16H,1-2H3. The molecule has 1 heterocycles. The number of nitrogens with one attached hydrogen (secondary N) is 1. The predicted octanol–water partition coefficient (Wildman–Crippen LogP) is 4.78. The van der Waals surface area contributed by atoms with Crippen LogP contribution in [0.5, 0.6) is 0 Å². The van der Waals surface area contributed by atoms with Gasteiger partial charge in [-0.2, -0.15) is 0 Å². The van der Waals surface area contributed by atoms with Crippen molar-refractivity contribution in [2.45, 2.75) is 13.0 Å². The first-order valence-corrected chi connectivity index (χ1v) is 7.29. The van der Waals surface area contributed by atoms with Crippen molar-refractivity contribution in [2.24, 2.45) is 0 Å². The van der Waals surface area contributed by atoms with Gasteiger partial charge in [0.15, 0.2) is 0 Å². The maximum atomic E-state index is 6.00. The zero-order valence-corrected chi connectivity index (χ0v) is 12.8. The molecule has 0 saturated carbocycles. The third-order valence-corrected chi connectivity index (χ3v) is 4.51. The van der Waals surface area contributed by atoms with Crippen LogP contribution in [0.25, 0.3) is 0 Å². The molecule has 1 atom stereocenters. The molecule has 0 spiro atoms. The number of hydrogen-bond donors (Lipinski definition) is 1. The largest absolute Gasteiger partial charge is 0.309 e. The molecular weight excluding hydrogens is 318 g/mol. The summed E-state index contributed by atoms with van der Waals surface area (Å²) in [6, 6.07) is 10.6. The van der Waals surface area contributed by atoms with Gasteiger partial charge in [0.2, 0.25) is 0 Å². The molecule has 0 aliphatic heterocycles. The lowest BCUT2D eigenvalue weighted by molar-refractivity contribution is 0.699. The first-order valence-electron chi connectivity index (χ1n) is 5.30. The van der Waals surface area contributed by atoms with E-state index in [4.69, 9.17) is 11.6 Å². The van der Waals surface area contributed by atoms with Crippen molar-refractivity contribution in [1.82, 2.24) is 5.32 Å². The lowest BCUT2D eigenvalue weighted by atomic mass is 10.0. The van der Waals surface area contributed by atoms with E-state index in [1.807, 2.05) is 13.1 Å². The predicted molar refractivity (Wildman–Crippen MR) is 79.1 cm³/mol. The fraction of sp³-hybridized carbons (Fsp3) is 0.231. The maximum Gasteiger partial charge on any atom is 0.0931 e. The van der Waals surface area contributed by atoms with Crippen LogP contribution in [0.4, 0.5) is 0 Å². The van der Waals surface area contributed by atoms with Crippen molar-refractivity contribution >= 4 is 38.9 Å². The molecule has 1 nitrogen and oxygen atoms in total. The van der Waals surface area contributed by atoms with Crippen LogP contribution in [0.2, 0.25) is 4.34 Å². The second-order valence-electron chi connectivity index (χ2n) is 3.86. The highest BCUT2D eigenvalue weighted by molar-refractivity contribution is 9.10. The summed E-state index contributed by atoms with van der Waals surface area (Å²) in [4.78, 5) is 1.23. The summed E-state index contributed by atoms with van der Waals surface area (Å²) in [6.45, 7) is 2.13. The van der Waals surface area contributed by atoms with Crippen molar-refractivity contribution in [2.75, 3.05) is 7.05 Å². The quantitative estimate of drug-likeness (QED) is 0.854. The highest BCUT2D eigenvalue weighted by atomic mass is 79.9. The van der Waals surface area contributed by atoms with Crippen LogP contribution in [0, 0.1) is 6.92 Å². The zero-order chi connectivity index (χ0) is 12.4. The van der Waals surface area contributed by atoms with E-state index in [2.05, 4.69) is 52.4 Å². The molecule has 2 rings (SSSR count). The van der Waals surface area contributed by atoms with Crippen molar-refractivity contribution in [3.8, 4) is 0 Å². The molecule has 1 unspecified atom stereocenters. The number of thiophene rings is 1. The summed E-state index contributed by atoms with van der Waals surface area (Å²) < 4.78 is 1.92. The summed E-state index contributed by atoms with van der Waals surface area (Å²) in [5.74, 6) is 0. The zero-order valence-electron chi connectivity index (χ0n) is 9.63. The van der Waals surface area contributed by atoms with Gasteiger partial charge in [0, 0.05) is 9.35 Å². The normalized spacial score (nSPS) is 12.7. The van der Waals surface area contributed by atoms with Crippen LogP contribution in [0.1, 0.15) is 22.0 Å². The smallest absolute Gasteiger partial charge is 0.0931 e. The fourth-order valence-corrected chi connectivity index (χ4v) is 3.43. The Morgan fingerprint density at radius 1 is 1.29 bits per heavy atom. The molecule has 90 valence electrons. The van der Waals surface area contributed by atoms with E-state index in [1.165, 1.54) is 16.0 Å². The van der Waals surface area contributed by atoms with Crippen molar-refractivity contribution in [3.05, 3.63) is 55.1 Å². The number of halogens is 2. The SMILES string of the molecule is CNC(c1ccc(Cl)s1)c1cc(Br)ccc1C. The highest BCUT2D eigenvalue weighted by Crippen LogP contribution is 2.33. The first kappa shape index (κ1) is 13.1. The minimum Gasteiger partial charge on any atom is -0.309 e. The Kier molecular flexibility index (Phi) is 4.26. The Bertz CT molecular complexity index is 524. The minimum absolute atomic E-state index is 0.199. The number of rotatable bonds is 3. The second-order valence-corrected chi connectivity index (χ2v) is 6.53. The van der Waals surface area contributed by atoms with Gasteiger partial charge < -0.3 is 5.32 Å². The molecule has 1 aromatic heterocycles. The van der Waals surface area contributed by atoms with Gasteiger partial charge in [-0.1, -0.05) is 33.6 Å². The molecule has 0 aliphatic carbocycles. The molecule has 2 aromatic rings. The topological polar surface area (TPSA) is 12.0 Å². The van der Waals surface area contributed by atoms with Crippen LogP contribution in [-0.2, 0) is 0 Å². The average molecular weight is 331 g/mol. The monoisotopic (exact) mass is 329 g/mol. The molecular formula is C13H13BrClNS. The molecule has 0 bridgehead atoms. The van der Waals surface area contributed by atoms with Gasteiger partial charge in [-0.05, 0) is 49.4 Å². The number of aryl methyl sites for hydroxylation is 1. The summed E-state index contributed by atoms with van der Waals surface area (Å²) >= 11 is 11.1. The van der Waals surface area contributed by atoms with Crippen molar-refractivity contribution in [3.63, 3.8) is 0 Å². The van der Waals surface area contributed by atoms with E-state index >= 15 is 0 Å². The summed E-state index contributed by atoms with van der Waals surface area (Å²) in [5.41, 5.74) is 2.55. The van der Waals surface area contributed by atoms with Crippen LogP contribution < -0.4 is 5.32 Å². The Labute approximate surface area is 119 Å². The molecule has 0 amide bonds. The van der Waals surface area contributed by atoms with E-state index in [-0.39, 0.29) is 6.04 Å². The molecule has 17 heavy (non-hydrogen) atoms. The lowest BCUT2D eigenvalue weighted by Gasteiger charge is -2.17. The summed E-state index contributed by atoms with van der Waals surface area (Å²) in [7, 11) is 1.97. The van der Waals surface area contributed by atoms with Gasteiger partial charge in [-0.3, -0.25) is 0 Å². The highest BCUT2D eigenvalue weighted by Gasteiger charge is 2.16. The number of hydrogen-bond acceptors (Lipinski definition) is 2. The van der Waals surface area contributed by atoms with Gasteiger partial charge in [0.25, 0.3) is 0 Å². The van der Waals surface area contributed by atoms with Crippen LogP contribution in [0.3, 0.4) is 0 Å². The second kappa shape index (κ2) is 5.53. The Hall–Kier alpha value is -0.350. The Morgan fingerprint density at radius 3 is 2.65 bits per heavy atom. The van der Waals surface area contributed by atoms with E-state index in [0.717, 1.165) is 8.81 Å². The van der Waals surface area contributed by atoms with Crippen LogP contribution >= 0.6 is 38.9 Å².